The second kappa shape index (κ2) is 6.08. The van der Waals surface area contributed by atoms with Crippen molar-refractivity contribution in [1.82, 2.24) is 4.90 Å². The maximum absolute atomic E-state index is 6.09. The van der Waals surface area contributed by atoms with Crippen molar-refractivity contribution >= 4 is 35.6 Å². The molecule has 1 heterocycles. The number of nitrogens with zero attached hydrogens (tertiary/aromatic N) is 1. The zero-order valence-corrected chi connectivity index (χ0v) is 11.2. The molecule has 2 rings (SSSR count). The summed E-state index contributed by atoms with van der Waals surface area (Å²) in [5.74, 6) is 0. The maximum Gasteiger partial charge on any atom is 0.0452 e. The highest BCUT2D eigenvalue weighted by Gasteiger charge is 2.19. The number of halogens is 3. The van der Waals surface area contributed by atoms with Crippen molar-refractivity contribution < 1.29 is 0 Å². The summed E-state index contributed by atoms with van der Waals surface area (Å²) in [4.78, 5) is 2.31. The molecule has 1 atom stereocenters. The van der Waals surface area contributed by atoms with E-state index in [-0.39, 0.29) is 12.4 Å². The molecule has 1 aliphatic heterocycles. The summed E-state index contributed by atoms with van der Waals surface area (Å²) in [5, 5.41) is 1.51. The summed E-state index contributed by atoms with van der Waals surface area (Å²) in [7, 11) is 0. The predicted octanol–water partition coefficient (Wildman–Crippen LogP) is 2.95. The normalized spacial score (nSPS) is 20.8. The maximum atomic E-state index is 6.09. The molecule has 1 aromatic carbocycles. The summed E-state index contributed by atoms with van der Waals surface area (Å²) < 4.78 is 0. The zero-order valence-electron chi connectivity index (χ0n) is 8.83. The van der Waals surface area contributed by atoms with E-state index in [0.29, 0.717) is 6.04 Å². The molecule has 0 bridgehead atoms. The third-order valence-electron chi connectivity index (χ3n) is 2.71. The van der Waals surface area contributed by atoms with Gasteiger partial charge in [-0.25, -0.2) is 0 Å². The van der Waals surface area contributed by atoms with E-state index < -0.39 is 0 Å². The smallest absolute Gasteiger partial charge is 0.0452 e. The van der Waals surface area contributed by atoms with Crippen molar-refractivity contribution in [1.29, 1.82) is 0 Å². The van der Waals surface area contributed by atoms with Gasteiger partial charge in [-0.2, -0.15) is 0 Å². The minimum absolute atomic E-state index is 0. The fraction of sp³-hybridized carbons (Fsp3) is 0.455. The van der Waals surface area contributed by atoms with Gasteiger partial charge in [0.25, 0.3) is 0 Å². The molecular formula is C11H15Cl3N2. The van der Waals surface area contributed by atoms with Crippen LogP contribution in [0.1, 0.15) is 12.0 Å². The van der Waals surface area contributed by atoms with Gasteiger partial charge in [-0.05, 0) is 30.2 Å². The third kappa shape index (κ3) is 3.51. The molecule has 16 heavy (non-hydrogen) atoms. The van der Waals surface area contributed by atoms with E-state index in [9.17, 15) is 0 Å². The SMILES string of the molecule is Cl.N[C@@H]1CCN(Cc2cc(Cl)ccc2Cl)C1. The molecule has 0 unspecified atom stereocenters. The van der Waals surface area contributed by atoms with Crippen molar-refractivity contribution in [2.45, 2.75) is 19.0 Å². The van der Waals surface area contributed by atoms with Gasteiger partial charge in [-0.3, -0.25) is 4.90 Å². The number of likely N-dealkylation sites (tertiary alicyclic amines) is 1. The van der Waals surface area contributed by atoms with Crippen molar-refractivity contribution in [3.8, 4) is 0 Å². The Morgan fingerprint density at radius 3 is 2.75 bits per heavy atom. The standard InChI is InChI=1S/C11H14Cl2N2.ClH/c12-9-1-2-11(13)8(5-9)6-15-4-3-10(14)7-15;/h1-2,5,10H,3-4,6-7,14H2;1H/t10-;/m1./s1. The monoisotopic (exact) mass is 280 g/mol. The summed E-state index contributed by atoms with van der Waals surface area (Å²) in [6, 6.07) is 5.88. The Morgan fingerprint density at radius 1 is 1.38 bits per heavy atom. The van der Waals surface area contributed by atoms with E-state index in [1.54, 1.807) is 0 Å². The van der Waals surface area contributed by atoms with Crippen LogP contribution in [0.15, 0.2) is 18.2 Å². The van der Waals surface area contributed by atoms with Gasteiger partial charge in [-0.1, -0.05) is 23.2 Å². The first-order valence-corrected chi connectivity index (χ1v) is 5.82. The Bertz CT molecular complexity index is 357. The van der Waals surface area contributed by atoms with Crippen molar-refractivity contribution in [2.24, 2.45) is 5.73 Å². The first kappa shape index (κ1) is 14.1. The summed E-state index contributed by atoms with van der Waals surface area (Å²) in [6.45, 7) is 2.83. The van der Waals surface area contributed by atoms with Crippen LogP contribution >= 0.6 is 35.6 Å². The predicted molar refractivity (Wildman–Crippen MR) is 71.6 cm³/mol. The van der Waals surface area contributed by atoms with Crippen LogP contribution in [0.25, 0.3) is 0 Å². The molecule has 2 nitrogen and oxygen atoms in total. The highest BCUT2D eigenvalue weighted by atomic mass is 35.5. The molecule has 0 aromatic heterocycles. The van der Waals surface area contributed by atoms with Crippen LogP contribution < -0.4 is 5.73 Å². The fourth-order valence-electron chi connectivity index (χ4n) is 1.91. The second-order valence-corrected chi connectivity index (χ2v) is 4.86. The van der Waals surface area contributed by atoms with Crippen LogP contribution in [0.2, 0.25) is 10.0 Å². The minimum Gasteiger partial charge on any atom is -0.326 e. The molecule has 0 amide bonds. The molecule has 1 aliphatic rings. The number of nitrogens with two attached hydrogens (primary N) is 1. The van der Waals surface area contributed by atoms with Crippen molar-refractivity contribution in [3.63, 3.8) is 0 Å². The lowest BCUT2D eigenvalue weighted by atomic mass is 10.2. The Kier molecular flexibility index (Phi) is 5.35. The molecule has 1 aromatic rings. The lowest BCUT2D eigenvalue weighted by Gasteiger charge is -2.16. The van der Waals surface area contributed by atoms with Crippen molar-refractivity contribution in [3.05, 3.63) is 33.8 Å². The van der Waals surface area contributed by atoms with E-state index in [1.807, 2.05) is 18.2 Å². The summed E-state index contributed by atoms with van der Waals surface area (Å²) in [5.41, 5.74) is 6.93. The molecule has 90 valence electrons. The average Bonchev–Trinajstić information content (AvgIpc) is 2.58. The van der Waals surface area contributed by atoms with E-state index >= 15 is 0 Å². The molecule has 1 saturated heterocycles. The van der Waals surface area contributed by atoms with Gasteiger partial charge in [0.1, 0.15) is 0 Å². The first-order chi connectivity index (χ1) is 7.15. The number of benzene rings is 1. The van der Waals surface area contributed by atoms with Crippen LogP contribution in [0.5, 0.6) is 0 Å². The van der Waals surface area contributed by atoms with Crippen LogP contribution in [-0.2, 0) is 6.54 Å². The lowest BCUT2D eigenvalue weighted by Crippen LogP contribution is -2.26. The molecule has 5 heteroatoms. The molecule has 0 saturated carbocycles. The molecular weight excluding hydrogens is 266 g/mol. The Morgan fingerprint density at radius 2 is 2.12 bits per heavy atom. The highest BCUT2D eigenvalue weighted by molar-refractivity contribution is 6.33. The highest BCUT2D eigenvalue weighted by Crippen LogP contribution is 2.23. The van der Waals surface area contributed by atoms with Crippen LogP contribution in [0.4, 0.5) is 0 Å². The van der Waals surface area contributed by atoms with Gasteiger partial charge >= 0.3 is 0 Å². The first-order valence-electron chi connectivity index (χ1n) is 5.07. The van der Waals surface area contributed by atoms with E-state index in [0.717, 1.165) is 41.7 Å². The van der Waals surface area contributed by atoms with E-state index in [4.69, 9.17) is 28.9 Å². The molecule has 0 aliphatic carbocycles. The number of hydrogen-bond acceptors (Lipinski definition) is 2. The molecule has 1 fully saturated rings. The minimum atomic E-state index is 0. The topological polar surface area (TPSA) is 29.3 Å². The van der Waals surface area contributed by atoms with Gasteiger partial charge in [0.05, 0.1) is 0 Å². The van der Waals surface area contributed by atoms with E-state index in [1.165, 1.54) is 0 Å². The quantitative estimate of drug-likeness (QED) is 0.903. The van der Waals surface area contributed by atoms with Gasteiger partial charge in [0.15, 0.2) is 0 Å². The van der Waals surface area contributed by atoms with Crippen LogP contribution in [0, 0.1) is 0 Å². The zero-order chi connectivity index (χ0) is 10.8. The largest absolute Gasteiger partial charge is 0.326 e. The van der Waals surface area contributed by atoms with Gasteiger partial charge < -0.3 is 5.73 Å². The lowest BCUT2D eigenvalue weighted by molar-refractivity contribution is 0.327. The molecule has 2 N–H and O–H groups in total. The van der Waals surface area contributed by atoms with Gasteiger partial charge in [-0.15, -0.1) is 12.4 Å². The molecule has 0 radical (unpaired) electrons. The van der Waals surface area contributed by atoms with Crippen LogP contribution in [0.3, 0.4) is 0 Å². The Hall–Kier alpha value is 0.01000. The number of rotatable bonds is 2. The molecule has 0 spiro atoms. The van der Waals surface area contributed by atoms with Crippen LogP contribution in [-0.4, -0.2) is 24.0 Å². The van der Waals surface area contributed by atoms with Gasteiger partial charge in [0, 0.05) is 35.7 Å². The Balaban J connectivity index is 0.00000128. The van der Waals surface area contributed by atoms with E-state index in [2.05, 4.69) is 4.90 Å². The summed E-state index contributed by atoms with van der Waals surface area (Å²) >= 11 is 12.0. The van der Waals surface area contributed by atoms with Crippen molar-refractivity contribution in [2.75, 3.05) is 13.1 Å². The second-order valence-electron chi connectivity index (χ2n) is 4.02. The number of hydrogen-bond donors (Lipinski definition) is 1. The van der Waals surface area contributed by atoms with Gasteiger partial charge in [0.2, 0.25) is 0 Å². The third-order valence-corrected chi connectivity index (χ3v) is 3.31. The Labute approximate surface area is 112 Å². The summed E-state index contributed by atoms with van der Waals surface area (Å²) in [6.07, 6.45) is 1.07. The fourth-order valence-corrected chi connectivity index (χ4v) is 2.28. The average molecular weight is 282 g/mol.